The van der Waals surface area contributed by atoms with Gasteiger partial charge in [-0.3, -0.25) is 9.59 Å². The molecule has 6 nitrogen and oxygen atoms in total. The van der Waals surface area contributed by atoms with Crippen LogP contribution in [0.4, 0.5) is 11.4 Å². The van der Waals surface area contributed by atoms with Crippen molar-refractivity contribution in [3.8, 4) is 0 Å². The van der Waals surface area contributed by atoms with Crippen LogP contribution in [0.5, 0.6) is 0 Å². The average molecular weight is 428 g/mol. The predicted octanol–water partition coefficient (Wildman–Crippen LogP) is 4.10. The van der Waals surface area contributed by atoms with Gasteiger partial charge in [-0.1, -0.05) is 11.6 Å². The van der Waals surface area contributed by atoms with Crippen LogP contribution in [0, 0.1) is 0 Å². The summed E-state index contributed by atoms with van der Waals surface area (Å²) >= 11 is 5.90. The maximum absolute atomic E-state index is 13.0. The van der Waals surface area contributed by atoms with Crippen molar-refractivity contribution >= 4 is 34.8 Å². The Kier molecular flexibility index (Phi) is 6.55. The van der Waals surface area contributed by atoms with Crippen molar-refractivity contribution in [3.05, 3.63) is 58.6 Å². The zero-order valence-electron chi connectivity index (χ0n) is 16.8. The monoisotopic (exact) mass is 427 g/mol. The minimum atomic E-state index is -0.244. The van der Waals surface area contributed by atoms with Gasteiger partial charge in [-0.05, 0) is 68.1 Å². The molecule has 0 aliphatic carbocycles. The van der Waals surface area contributed by atoms with E-state index in [4.69, 9.17) is 16.3 Å². The molecule has 2 aliphatic heterocycles. The molecule has 0 bridgehead atoms. The smallest absolute Gasteiger partial charge is 0.255 e. The SMILES string of the molecule is O=C(Nc1ccc(N2CCCC2)c(C(=O)NCC2CCCO2)c1)c1ccc(Cl)cc1. The Morgan fingerprint density at radius 2 is 1.80 bits per heavy atom. The lowest BCUT2D eigenvalue weighted by molar-refractivity contribution is 0.0858. The largest absolute Gasteiger partial charge is 0.376 e. The summed E-state index contributed by atoms with van der Waals surface area (Å²) in [7, 11) is 0. The number of halogens is 1. The molecule has 2 N–H and O–H groups in total. The third kappa shape index (κ3) is 4.94. The second kappa shape index (κ2) is 9.49. The van der Waals surface area contributed by atoms with Crippen molar-refractivity contribution in [2.24, 2.45) is 0 Å². The second-order valence-corrected chi connectivity index (χ2v) is 8.17. The zero-order valence-corrected chi connectivity index (χ0v) is 17.6. The number of carbonyl (C=O) groups excluding carboxylic acids is 2. The van der Waals surface area contributed by atoms with Gasteiger partial charge < -0.3 is 20.3 Å². The highest BCUT2D eigenvalue weighted by Gasteiger charge is 2.22. The van der Waals surface area contributed by atoms with E-state index in [0.29, 0.717) is 28.4 Å². The van der Waals surface area contributed by atoms with Crippen LogP contribution in [-0.2, 0) is 4.74 Å². The Labute approximate surface area is 181 Å². The Hall–Kier alpha value is -2.57. The fourth-order valence-corrected chi connectivity index (χ4v) is 4.07. The van der Waals surface area contributed by atoms with Crippen LogP contribution >= 0.6 is 11.6 Å². The molecule has 2 aromatic rings. The highest BCUT2D eigenvalue weighted by molar-refractivity contribution is 6.30. The van der Waals surface area contributed by atoms with Crippen LogP contribution < -0.4 is 15.5 Å². The number of ether oxygens (including phenoxy) is 1. The summed E-state index contributed by atoms with van der Waals surface area (Å²) in [6.45, 7) is 3.12. The summed E-state index contributed by atoms with van der Waals surface area (Å²) < 4.78 is 5.61. The molecule has 1 unspecified atom stereocenters. The summed E-state index contributed by atoms with van der Waals surface area (Å²) in [5.41, 5.74) is 2.57. The van der Waals surface area contributed by atoms with E-state index in [1.807, 2.05) is 12.1 Å². The first-order chi connectivity index (χ1) is 14.6. The van der Waals surface area contributed by atoms with E-state index in [0.717, 1.165) is 51.1 Å². The highest BCUT2D eigenvalue weighted by Crippen LogP contribution is 2.28. The highest BCUT2D eigenvalue weighted by atomic mass is 35.5. The van der Waals surface area contributed by atoms with Crippen molar-refractivity contribution in [3.63, 3.8) is 0 Å². The lowest BCUT2D eigenvalue weighted by Gasteiger charge is -2.22. The minimum absolute atomic E-state index is 0.0805. The zero-order chi connectivity index (χ0) is 20.9. The number of carbonyl (C=O) groups is 2. The van der Waals surface area contributed by atoms with Gasteiger partial charge in [0.1, 0.15) is 0 Å². The Balaban J connectivity index is 1.52. The van der Waals surface area contributed by atoms with Gasteiger partial charge in [0.25, 0.3) is 11.8 Å². The molecular weight excluding hydrogens is 402 g/mol. The number of benzene rings is 2. The molecule has 4 rings (SSSR count). The van der Waals surface area contributed by atoms with E-state index in [2.05, 4.69) is 15.5 Å². The van der Waals surface area contributed by atoms with Crippen LogP contribution in [0.2, 0.25) is 5.02 Å². The first kappa shape index (κ1) is 20.7. The minimum Gasteiger partial charge on any atom is -0.376 e. The van der Waals surface area contributed by atoms with Crippen molar-refractivity contribution in [1.82, 2.24) is 5.32 Å². The van der Waals surface area contributed by atoms with E-state index >= 15 is 0 Å². The molecule has 2 aromatic carbocycles. The average Bonchev–Trinajstić information content (AvgIpc) is 3.46. The molecule has 2 amide bonds. The first-order valence-electron chi connectivity index (χ1n) is 10.5. The van der Waals surface area contributed by atoms with E-state index in [-0.39, 0.29) is 17.9 Å². The third-order valence-corrected chi connectivity index (χ3v) is 5.82. The van der Waals surface area contributed by atoms with Gasteiger partial charge in [-0.15, -0.1) is 0 Å². The number of rotatable bonds is 6. The molecule has 0 aromatic heterocycles. The molecule has 0 saturated carbocycles. The van der Waals surface area contributed by atoms with Crippen molar-refractivity contribution in [1.29, 1.82) is 0 Å². The number of hydrogen-bond acceptors (Lipinski definition) is 4. The van der Waals surface area contributed by atoms with Gasteiger partial charge in [-0.2, -0.15) is 0 Å². The lowest BCUT2D eigenvalue weighted by Crippen LogP contribution is -2.33. The van der Waals surface area contributed by atoms with E-state index < -0.39 is 0 Å². The van der Waals surface area contributed by atoms with Crippen LogP contribution in [-0.4, -0.2) is 44.2 Å². The van der Waals surface area contributed by atoms with Crippen LogP contribution in [0.25, 0.3) is 0 Å². The topological polar surface area (TPSA) is 70.7 Å². The number of hydrogen-bond donors (Lipinski definition) is 2. The summed E-state index contributed by atoms with van der Waals surface area (Å²) in [5, 5.41) is 6.46. The maximum atomic E-state index is 13.0. The van der Waals surface area contributed by atoms with E-state index in [1.165, 1.54) is 0 Å². The standard InChI is InChI=1S/C23H26ClN3O3/c24-17-7-5-16(6-8-17)22(28)26-18-9-10-21(27-11-1-2-12-27)20(14-18)23(29)25-15-19-4-3-13-30-19/h5-10,14,19H,1-4,11-13,15H2,(H,25,29)(H,26,28). The van der Waals surface area contributed by atoms with Crippen molar-refractivity contribution in [2.45, 2.75) is 31.8 Å². The summed E-state index contributed by atoms with van der Waals surface area (Å²) in [6, 6.07) is 12.2. The number of nitrogens with zero attached hydrogens (tertiary/aromatic N) is 1. The number of anilines is 2. The fourth-order valence-electron chi connectivity index (χ4n) is 3.94. The lowest BCUT2D eigenvalue weighted by atomic mass is 10.1. The molecule has 2 fully saturated rings. The van der Waals surface area contributed by atoms with Gasteiger partial charge in [-0.25, -0.2) is 0 Å². The molecule has 0 radical (unpaired) electrons. The molecule has 30 heavy (non-hydrogen) atoms. The normalized spacial score (nSPS) is 18.4. The maximum Gasteiger partial charge on any atom is 0.255 e. The molecular formula is C23H26ClN3O3. The van der Waals surface area contributed by atoms with E-state index in [9.17, 15) is 9.59 Å². The van der Waals surface area contributed by atoms with Gasteiger partial charge in [0.05, 0.1) is 11.7 Å². The van der Waals surface area contributed by atoms with Crippen molar-refractivity contribution in [2.75, 3.05) is 36.5 Å². The second-order valence-electron chi connectivity index (χ2n) is 7.73. The van der Waals surface area contributed by atoms with Gasteiger partial charge in [0.15, 0.2) is 0 Å². The number of nitrogens with one attached hydrogen (secondary N) is 2. The molecule has 2 saturated heterocycles. The fraction of sp³-hybridized carbons (Fsp3) is 0.391. The van der Waals surface area contributed by atoms with E-state index in [1.54, 1.807) is 30.3 Å². The third-order valence-electron chi connectivity index (χ3n) is 5.57. The molecule has 158 valence electrons. The van der Waals surface area contributed by atoms with Gasteiger partial charge in [0, 0.05) is 48.2 Å². The molecule has 2 aliphatic rings. The van der Waals surface area contributed by atoms with Crippen LogP contribution in [0.3, 0.4) is 0 Å². The molecule has 1 atom stereocenters. The van der Waals surface area contributed by atoms with Crippen LogP contribution in [0.15, 0.2) is 42.5 Å². The quantitative estimate of drug-likeness (QED) is 0.728. The summed E-state index contributed by atoms with van der Waals surface area (Å²) in [6.07, 6.45) is 4.32. The molecule has 2 heterocycles. The summed E-state index contributed by atoms with van der Waals surface area (Å²) in [5.74, 6) is -0.388. The Morgan fingerprint density at radius 3 is 2.50 bits per heavy atom. The van der Waals surface area contributed by atoms with Crippen molar-refractivity contribution < 1.29 is 14.3 Å². The molecule has 7 heteroatoms. The molecule has 0 spiro atoms. The van der Waals surface area contributed by atoms with Gasteiger partial charge >= 0.3 is 0 Å². The summed E-state index contributed by atoms with van der Waals surface area (Å²) in [4.78, 5) is 27.8. The van der Waals surface area contributed by atoms with Crippen LogP contribution in [0.1, 0.15) is 46.4 Å². The Morgan fingerprint density at radius 1 is 1.03 bits per heavy atom. The predicted molar refractivity (Wildman–Crippen MR) is 119 cm³/mol. The first-order valence-corrected chi connectivity index (χ1v) is 10.8. The Bertz CT molecular complexity index is 904. The number of amides is 2. The van der Waals surface area contributed by atoms with Gasteiger partial charge in [0.2, 0.25) is 0 Å².